The molecule has 2 aromatic rings. The van der Waals surface area contributed by atoms with Gasteiger partial charge in [-0.15, -0.1) is 0 Å². The molecule has 0 atom stereocenters. The van der Waals surface area contributed by atoms with Gasteiger partial charge in [0.05, 0.1) is 24.9 Å². The molecule has 2 heterocycles. The van der Waals surface area contributed by atoms with Gasteiger partial charge in [0, 0.05) is 18.0 Å². The van der Waals surface area contributed by atoms with Gasteiger partial charge in [0.2, 0.25) is 0 Å². The van der Waals surface area contributed by atoms with Crippen LogP contribution in [0.15, 0.2) is 41.8 Å². The summed E-state index contributed by atoms with van der Waals surface area (Å²) in [6, 6.07) is 6.90. The van der Waals surface area contributed by atoms with Crippen LogP contribution in [0, 0.1) is 0 Å². The van der Waals surface area contributed by atoms with E-state index in [-0.39, 0.29) is 11.6 Å². The summed E-state index contributed by atoms with van der Waals surface area (Å²) in [5.74, 6) is 5.34. The van der Waals surface area contributed by atoms with Crippen LogP contribution in [-0.2, 0) is 0 Å². The van der Waals surface area contributed by atoms with Gasteiger partial charge < -0.3 is 9.84 Å². The molecule has 1 aromatic heterocycles. The Morgan fingerprint density at radius 1 is 1.35 bits per heavy atom. The zero-order chi connectivity index (χ0) is 19.1. The Morgan fingerprint density at radius 2 is 2.04 bits per heavy atom. The molecule has 1 aromatic carbocycles. The summed E-state index contributed by atoms with van der Waals surface area (Å²) < 4.78 is 5.09. The van der Waals surface area contributed by atoms with E-state index in [1.54, 1.807) is 20.1 Å². The second-order valence-electron chi connectivity index (χ2n) is 5.22. The molecule has 3 rings (SSSR count). The molecule has 0 saturated carbocycles. The lowest BCUT2D eigenvalue weighted by Gasteiger charge is -2.19. The summed E-state index contributed by atoms with van der Waals surface area (Å²) in [6.07, 6.45) is 2.56. The van der Waals surface area contributed by atoms with Crippen molar-refractivity contribution in [3.05, 3.63) is 42.2 Å². The number of urea groups is 1. The molecule has 0 bridgehead atoms. The van der Waals surface area contributed by atoms with E-state index in [4.69, 9.17) is 15.7 Å². The minimum atomic E-state index is -1.04. The molecule has 0 aliphatic carbocycles. The van der Waals surface area contributed by atoms with E-state index in [0.717, 1.165) is 16.3 Å². The van der Waals surface area contributed by atoms with E-state index in [9.17, 15) is 9.59 Å². The van der Waals surface area contributed by atoms with E-state index in [2.05, 4.69) is 20.5 Å². The average Bonchev–Trinajstić information content (AvgIpc) is 2.65. The fourth-order valence-corrected chi connectivity index (χ4v) is 1.91. The van der Waals surface area contributed by atoms with Crippen LogP contribution in [0.5, 0.6) is 5.75 Å². The molecule has 1 aliphatic heterocycles. The van der Waals surface area contributed by atoms with E-state index in [0.29, 0.717) is 18.1 Å². The molecule has 4 N–H and O–H groups in total. The number of nitrogens with one attached hydrogen (secondary N) is 1. The highest BCUT2D eigenvalue weighted by Gasteiger charge is 2.13. The van der Waals surface area contributed by atoms with Gasteiger partial charge in [0.15, 0.2) is 5.82 Å². The zero-order valence-electron chi connectivity index (χ0n) is 14.2. The fourth-order valence-electron chi connectivity index (χ4n) is 1.91. The van der Waals surface area contributed by atoms with Gasteiger partial charge in [-0.1, -0.05) is 12.1 Å². The number of amides is 2. The summed E-state index contributed by atoms with van der Waals surface area (Å²) >= 11 is 0. The van der Waals surface area contributed by atoms with Crippen molar-refractivity contribution in [2.24, 2.45) is 10.9 Å². The molecule has 0 saturated heterocycles. The van der Waals surface area contributed by atoms with Crippen LogP contribution >= 0.6 is 0 Å². The lowest BCUT2D eigenvalue weighted by Crippen LogP contribution is -2.49. The molecule has 26 heavy (non-hydrogen) atoms. The molecule has 0 radical (unpaired) electrons. The molecule has 10 heteroatoms. The standard InChI is InChI=1S/C12H10N2O3.C4H8N4O/c1-17-10-4-2-3-8(5-10)11-13-6-9(7-14-11)12(15)16;1-3-2-8(5)4(9)7-6-3/h2-7H,1H3,(H,15,16);2,5H2,1H3,(H,7,9). The summed E-state index contributed by atoms with van der Waals surface area (Å²) in [4.78, 5) is 29.2. The number of hydrazone groups is 1. The van der Waals surface area contributed by atoms with Crippen LogP contribution in [0.25, 0.3) is 11.4 Å². The van der Waals surface area contributed by atoms with Crippen molar-refractivity contribution in [2.45, 2.75) is 6.92 Å². The molecule has 0 spiro atoms. The molecule has 0 fully saturated rings. The van der Waals surface area contributed by atoms with Gasteiger partial charge in [-0.3, -0.25) is 5.01 Å². The van der Waals surface area contributed by atoms with Crippen molar-refractivity contribution in [3.63, 3.8) is 0 Å². The predicted octanol–water partition coefficient (Wildman–Crippen LogP) is 1.11. The number of aromatic nitrogens is 2. The van der Waals surface area contributed by atoms with Crippen molar-refractivity contribution in [1.29, 1.82) is 0 Å². The van der Waals surface area contributed by atoms with E-state index in [1.165, 1.54) is 12.4 Å². The largest absolute Gasteiger partial charge is 0.497 e. The van der Waals surface area contributed by atoms with E-state index >= 15 is 0 Å². The summed E-state index contributed by atoms with van der Waals surface area (Å²) in [5.41, 5.74) is 3.88. The van der Waals surface area contributed by atoms with Crippen LogP contribution in [-0.4, -0.2) is 51.5 Å². The maximum absolute atomic E-state index is 10.6. The average molecular weight is 358 g/mol. The Bertz CT molecular complexity index is 822. The summed E-state index contributed by atoms with van der Waals surface area (Å²) in [7, 11) is 1.58. The van der Waals surface area contributed by atoms with Crippen molar-refractivity contribution >= 4 is 17.7 Å². The van der Waals surface area contributed by atoms with Gasteiger partial charge in [-0.05, 0) is 19.1 Å². The lowest BCUT2D eigenvalue weighted by molar-refractivity contribution is 0.0696. The third kappa shape index (κ3) is 4.98. The minimum Gasteiger partial charge on any atom is -0.497 e. The molecule has 136 valence electrons. The Morgan fingerprint density at radius 3 is 2.58 bits per heavy atom. The van der Waals surface area contributed by atoms with Crippen LogP contribution in [0.4, 0.5) is 4.79 Å². The molecular formula is C16H18N6O4. The highest BCUT2D eigenvalue weighted by molar-refractivity contribution is 5.91. The second-order valence-corrected chi connectivity index (χ2v) is 5.22. The number of carbonyl (C=O) groups excluding carboxylic acids is 1. The predicted molar refractivity (Wildman–Crippen MR) is 93.5 cm³/mol. The van der Waals surface area contributed by atoms with Gasteiger partial charge >= 0.3 is 12.0 Å². The van der Waals surface area contributed by atoms with Crippen LogP contribution in [0.2, 0.25) is 0 Å². The Hall–Kier alpha value is -3.53. The number of aromatic carboxylic acids is 1. The maximum atomic E-state index is 10.6. The lowest BCUT2D eigenvalue weighted by atomic mass is 10.2. The quantitative estimate of drug-likeness (QED) is 0.551. The van der Waals surface area contributed by atoms with Crippen LogP contribution in [0.3, 0.4) is 0 Å². The first kappa shape index (κ1) is 18.8. The number of hydrogen-bond donors (Lipinski definition) is 3. The highest BCUT2D eigenvalue weighted by Crippen LogP contribution is 2.20. The number of hydrazine groups is 1. The number of nitrogens with two attached hydrogens (primary N) is 1. The van der Waals surface area contributed by atoms with E-state index < -0.39 is 5.97 Å². The topological polar surface area (TPSA) is 143 Å². The first-order chi connectivity index (χ1) is 12.4. The van der Waals surface area contributed by atoms with E-state index in [1.807, 2.05) is 18.2 Å². The van der Waals surface area contributed by atoms with Crippen molar-refractivity contribution < 1.29 is 19.4 Å². The monoisotopic (exact) mass is 358 g/mol. The Balaban J connectivity index is 0.000000228. The second kappa shape index (κ2) is 8.53. The smallest absolute Gasteiger partial charge is 0.352 e. The Labute approximate surface area is 149 Å². The zero-order valence-corrected chi connectivity index (χ0v) is 14.2. The van der Waals surface area contributed by atoms with Gasteiger partial charge in [-0.25, -0.2) is 30.8 Å². The number of carboxylic acid groups (broad SMARTS) is 1. The summed E-state index contributed by atoms with van der Waals surface area (Å²) in [6.45, 7) is 2.20. The third-order valence-corrected chi connectivity index (χ3v) is 3.23. The van der Waals surface area contributed by atoms with Gasteiger partial charge in [-0.2, -0.15) is 5.10 Å². The molecule has 0 unspecified atom stereocenters. The first-order valence-electron chi connectivity index (χ1n) is 7.46. The molecule has 1 aliphatic rings. The normalized spacial score (nSPS) is 13.1. The first-order valence-corrected chi connectivity index (χ1v) is 7.46. The highest BCUT2D eigenvalue weighted by atomic mass is 16.5. The SMILES string of the molecule is CC1=NNC(=O)N(N)C1.COc1cccc(-c2ncc(C(=O)O)cn2)c1. The van der Waals surface area contributed by atoms with Gasteiger partial charge in [0.1, 0.15) is 5.75 Å². The minimum absolute atomic E-state index is 0.0663. The number of carbonyl (C=O) groups is 2. The number of benzene rings is 1. The van der Waals surface area contributed by atoms with Crippen molar-refractivity contribution in [1.82, 2.24) is 20.4 Å². The Kier molecular flexibility index (Phi) is 6.17. The maximum Gasteiger partial charge on any atom is 0.352 e. The number of carboxylic acids is 1. The molecule has 10 nitrogen and oxygen atoms in total. The van der Waals surface area contributed by atoms with Crippen molar-refractivity contribution in [3.8, 4) is 17.1 Å². The van der Waals surface area contributed by atoms with Crippen LogP contribution in [0.1, 0.15) is 17.3 Å². The van der Waals surface area contributed by atoms with Crippen molar-refractivity contribution in [2.75, 3.05) is 13.7 Å². The number of ether oxygens (including phenoxy) is 1. The number of hydrogen-bond acceptors (Lipinski definition) is 7. The number of rotatable bonds is 3. The van der Waals surface area contributed by atoms with Gasteiger partial charge in [0.25, 0.3) is 0 Å². The fraction of sp³-hybridized carbons (Fsp3) is 0.188. The summed E-state index contributed by atoms with van der Waals surface area (Å²) in [5, 5.41) is 13.5. The molecule has 2 amide bonds. The number of nitrogens with zero attached hydrogens (tertiary/aromatic N) is 4. The van der Waals surface area contributed by atoms with Crippen LogP contribution < -0.4 is 16.0 Å². The molecular weight excluding hydrogens is 340 g/mol. The number of methoxy groups -OCH3 is 1. The third-order valence-electron chi connectivity index (χ3n) is 3.23.